The molecule has 1 aromatic carbocycles. The number of carbonyl (C=O) groups excluding carboxylic acids is 2. The molecule has 2 N–H and O–H groups in total. The fourth-order valence-electron chi connectivity index (χ4n) is 1.47. The lowest BCUT2D eigenvalue weighted by molar-refractivity contribution is -0.167. The van der Waals surface area contributed by atoms with Crippen molar-refractivity contribution in [1.29, 1.82) is 0 Å². The number of rotatable bonds is 3. The van der Waals surface area contributed by atoms with Gasteiger partial charge < -0.3 is 10.6 Å². The molecule has 0 spiro atoms. The average molecular weight is 328 g/mol. The maximum Gasteiger partial charge on any atom is 0.471 e. The summed E-state index contributed by atoms with van der Waals surface area (Å²) in [5, 5.41) is 4.28. The van der Waals surface area contributed by atoms with Gasteiger partial charge in [-0.2, -0.15) is 13.2 Å². The number of anilines is 2. The van der Waals surface area contributed by atoms with Gasteiger partial charge >= 0.3 is 12.1 Å². The normalized spacial score (nSPS) is 12.7. The van der Waals surface area contributed by atoms with Gasteiger partial charge in [0.1, 0.15) is 0 Å². The van der Waals surface area contributed by atoms with Crippen LogP contribution >= 0.6 is 0 Å². The van der Waals surface area contributed by atoms with Crippen molar-refractivity contribution in [2.24, 2.45) is 5.41 Å². The van der Waals surface area contributed by atoms with Crippen LogP contribution in [-0.4, -0.2) is 18.0 Å². The monoisotopic (exact) mass is 328 g/mol. The number of hydrogen-bond acceptors (Lipinski definition) is 2. The third-order valence-electron chi connectivity index (χ3n) is 3.18. The Morgan fingerprint density at radius 1 is 1.04 bits per heavy atom. The summed E-state index contributed by atoms with van der Waals surface area (Å²) < 4.78 is 36.6. The van der Waals surface area contributed by atoms with Crippen LogP contribution in [0.4, 0.5) is 24.5 Å². The van der Waals surface area contributed by atoms with E-state index in [1.54, 1.807) is 5.32 Å². The molecule has 0 fully saturated rings. The summed E-state index contributed by atoms with van der Waals surface area (Å²) in [7, 11) is 0. The topological polar surface area (TPSA) is 58.2 Å². The van der Waals surface area contributed by atoms with Crippen molar-refractivity contribution in [3.63, 3.8) is 0 Å². The molecular weight excluding hydrogens is 309 g/mol. The van der Waals surface area contributed by atoms with Crippen molar-refractivity contribution in [2.45, 2.75) is 33.9 Å². The molecule has 0 aliphatic heterocycles. The van der Waals surface area contributed by atoms with E-state index in [1.807, 2.05) is 27.7 Å². The van der Waals surface area contributed by atoms with Crippen LogP contribution in [0.15, 0.2) is 35.9 Å². The Hall–Kier alpha value is -2.31. The van der Waals surface area contributed by atoms with Gasteiger partial charge in [0.05, 0.1) is 0 Å². The van der Waals surface area contributed by atoms with Crippen molar-refractivity contribution in [2.75, 3.05) is 10.6 Å². The van der Waals surface area contributed by atoms with E-state index in [0.717, 1.165) is 5.57 Å². The summed E-state index contributed by atoms with van der Waals surface area (Å²) in [5.41, 5.74) is 0.922. The Labute approximate surface area is 132 Å². The number of allylic oxidation sites excluding steroid dienone is 1. The maximum absolute atomic E-state index is 12.2. The highest BCUT2D eigenvalue weighted by molar-refractivity contribution is 6.01. The molecule has 23 heavy (non-hydrogen) atoms. The summed E-state index contributed by atoms with van der Waals surface area (Å²) >= 11 is 0. The second kappa shape index (κ2) is 6.85. The van der Waals surface area contributed by atoms with E-state index in [9.17, 15) is 22.8 Å². The van der Waals surface area contributed by atoms with Crippen LogP contribution in [0.3, 0.4) is 0 Å². The van der Waals surface area contributed by atoms with E-state index in [0.29, 0.717) is 0 Å². The second-order valence-electron chi connectivity index (χ2n) is 6.10. The van der Waals surface area contributed by atoms with Crippen molar-refractivity contribution in [3.8, 4) is 0 Å². The molecular formula is C16H19F3N2O2. The molecule has 126 valence electrons. The number of halogens is 3. The van der Waals surface area contributed by atoms with Gasteiger partial charge in [0, 0.05) is 17.5 Å². The fraction of sp³-hybridized carbons (Fsp3) is 0.375. The first-order chi connectivity index (χ1) is 10.4. The van der Waals surface area contributed by atoms with Crippen molar-refractivity contribution >= 4 is 23.2 Å². The summed E-state index contributed by atoms with van der Waals surface area (Å²) in [6, 6.07) is 5.50. The molecule has 1 aromatic rings. The van der Waals surface area contributed by atoms with Crippen molar-refractivity contribution < 1.29 is 22.8 Å². The van der Waals surface area contributed by atoms with E-state index < -0.39 is 18.0 Å². The van der Waals surface area contributed by atoms with Gasteiger partial charge in [-0.05, 0) is 30.5 Å². The summed E-state index contributed by atoms with van der Waals surface area (Å²) in [6.45, 7) is 7.69. The minimum Gasteiger partial charge on any atom is -0.322 e. The lowest BCUT2D eigenvalue weighted by atomic mass is 9.87. The highest BCUT2D eigenvalue weighted by atomic mass is 19.4. The number of hydrogen-bond donors (Lipinski definition) is 2. The van der Waals surface area contributed by atoms with Crippen LogP contribution < -0.4 is 10.6 Å². The third-order valence-corrected chi connectivity index (χ3v) is 3.18. The molecule has 0 radical (unpaired) electrons. The zero-order valence-electron chi connectivity index (χ0n) is 13.3. The van der Waals surface area contributed by atoms with E-state index in [1.165, 1.54) is 30.3 Å². The molecule has 2 amide bonds. The van der Waals surface area contributed by atoms with Gasteiger partial charge in [0.15, 0.2) is 0 Å². The number of carbonyl (C=O) groups is 2. The van der Waals surface area contributed by atoms with E-state index in [4.69, 9.17) is 0 Å². The quantitative estimate of drug-likeness (QED) is 0.820. The first-order valence-corrected chi connectivity index (χ1v) is 6.87. The van der Waals surface area contributed by atoms with Gasteiger partial charge in [0.25, 0.3) is 0 Å². The molecule has 0 aliphatic carbocycles. The van der Waals surface area contributed by atoms with Gasteiger partial charge in [-0.25, -0.2) is 0 Å². The molecule has 0 aromatic heterocycles. The highest BCUT2D eigenvalue weighted by Gasteiger charge is 2.38. The van der Waals surface area contributed by atoms with Crippen LogP contribution in [0.5, 0.6) is 0 Å². The number of benzene rings is 1. The Morgan fingerprint density at radius 3 is 2.04 bits per heavy atom. The Balaban J connectivity index is 2.82. The lowest BCUT2D eigenvalue weighted by Crippen LogP contribution is -2.29. The Kier molecular flexibility index (Phi) is 5.58. The van der Waals surface area contributed by atoms with E-state index in [-0.39, 0.29) is 16.8 Å². The summed E-state index contributed by atoms with van der Waals surface area (Å²) in [5.74, 6) is -2.46. The third kappa shape index (κ3) is 6.14. The molecule has 0 atom stereocenters. The minimum absolute atomic E-state index is 0.0540. The predicted octanol–water partition coefficient (Wildman–Crippen LogP) is 4.12. The van der Waals surface area contributed by atoms with Gasteiger partial charge in [-0.15, -0.1) is 0 Å². The zero-order chi connectivity index (χ0) is 17.8. The molecule has 0 aliphatic rings. The standard InChI is InChI=1S/C16H19F3N2O2/c1-10(15(2,3)4)8-13(22)20-11-6-5-7-12(9-11)21-14(23)16(17,18)19/h5-9H,1-4H3,(H,20,22)(H,21,23)/b10-8+. The fourth-order valence-corrected chi connectivity index (χ4v) is 1.47. The minimum atomic E-state index is -4.97. The van der Waals surface area contributed by atoms with Crippen LogP contribution in [0, 0.1) is 5.41 Å². The molecule has 0 heterocycles. The molecule has 7 heteroatoms. The van der Waals surface area contributed by atoms with Crippen LogP contribution in [0.2, 0.25) is 0 Å². The molecule has 0 unspecified atom stereocenters. The smallest absolute Gasteiger partial charge is 0.322 e. The van der Waals surface area contributed by atoms with Crippen molar-refractivity contribution in [1.82, 2.24) is 0 Å². The summed E-state index contributed by atoms with van der Waals surface area (Å²) in [4.78, 5) is 22.8. The van der Waals surface area contributed by atoms with Gasteiger partial charge in [-0.3, -0.25) is 9.59 Å². The first-order valence-electron chi connectivity index (χ1n) is 6.87. The molecule has 0 saturated heterocycles. The second-order valence-corrected chi connectivity index (χ2v) is 6.10. The molecule has 0 saturated carbocycles. The van der Waals surface area contributed by atoms with Gasteiger partial charge in [-0.1, -0.05) is 32.4 Å². The Bertz CT molecular complexity index is 629. The predicted molar refractivity (Wildman–Crippen MR) is 83.0 cm³/mol. The van der Waals surface area contributed by atoms with E-state index in [2.05, 4.69) is 5.32 Å². The molecule has 1 rings (SSSR count). The number of nitrogens with one attached hydrogen (secondary N) is 2. The van der Waals surface area contributed by atoms with Crippen LogP contribution in [0.25, 0.3) is 0 Å². The summed E-state index contributed by atoms with van der Waals surface area (Å²) in [6.07, 6.45) is -3.53. The highest BCUT2D eigenvalue weighted by Crippen LogP contribution is 2.24. The molecule has 4 nitrogen and oxygen atoms in total. The zero-order valence-corrected chi connectivity index (χ0v) is 13.3. The van der Waals surface area contributed by atoms with Crippen molar-refractivity contribution in [3.05, 3.63) is 35.9 Å². The largest absolute Gasteiger partial charge is 0.471 e. The van der Waals surface area contributed by atoms with Crippen LogP contribution in [-0.2, 0) is 9.59 Å². The van der Waals surface area contributed by atoms with Crippen LogP contribution in [0.1, 0.15) is 27.7 Å². The number of alkyl halides is 3. The number of amides is 2. The lowest BCUT2D eigenvalue weighted by Gasteiger charge is -2.19. The van der Waals surface area contributed by atoms with Gasteiger partial charge in [0.2, 0.25) is 5.91 Å². The average Bonchev–Trinajstić information content (AvgIpc) is 2.36. The first kappa shape index (κ1) is 18.7. The Morgan fingerprint density at radius 2 is 1.57 bits per heavy atom. The van der Waals surface area contributed by atoms with E-state index >= 15 is 0 Å². The SMILES string of the molecule is C/C(=C\C(=O)Nc1cccc(NC(=O)C(F)(F)F)c1)C(C)(C)C. The maximum atomic E-state index is 12.2. The molecule has 0 bridgehead atoms.